The van der Waals surface area contributed by atoms with E-state index in [9.17, 15) is 18.3 Å². The van der Waals surface area contributed by atoms with Crippen LogP contribution in [0.15, 0.2) is 43.0 Å². The first-order chi connectivity index (χ1) is 14.8. The van der Waals surface area contributed by atoms with Crippen molar-refractivity contribution in [3.05, 3.63) is 77.3 Å². The number of aliphatic hydroxyl groups is 1. The zero-order valence-electron chi connectivity index (χ0n) is 17.4. The summed E-state index contributed by atoms with van der Waals surface area (Å²) < 4.78 is 45.7. The average molecular weight is 429 g/mol. The highest BCUT2D eigenvalue weighted by molar-refractivity contribution is 5.85. The van der Waals surface area contributed by atoms with Gasteiger partial charge in [-0.1, -0.05) is 13.0 Å². The summed E-state index contributed by atoms with van der Waals surface area (Å²) in [7, 11) is 0. The van der Waals surface area contributed by atoms with Crippen molar-refractivity contribution in [1.82, 2.24) is 24.5 Å². The number of hydrogen-bond acceptors (Lipinski definition) is 4. The number of nitrogens with zero attached hydrogens (tertiary/aromatic N) is 5. The number of fused-ring (bicyclic) bond motifs is 1. The molecule has 0 aliphatic carbocycles. The van der Waals surface area contributed by atoms with Gasteiger partial charge in [0.05, 0.1) is 23.8 Å². The van der Waals surface area contributed by atoms with E-state index in [2.05, 4.69) is 15.2 Å². The van der Waals surface area contributed by atoms with Crippen LogP contribution in [0, 0.1) is 24.4 Å². The monoisotopic (exact) mass is 429 g/mol. The molecule has 0 amide bonds. The Hall–Kier alpha value is -3.20. The van der Waals surface area contributed by atoms with Crippen molar-refractivity contribution in [2.75, 3.05) is 0 Å². The van der Waals surface area contributed by atoms with Crippen LogP contribution in [0.3, 0.4) is 0 Å². The van der Waals surface area contributed by atoms with Crippen LogP contribution >= 0.6 is 0 Å². The topological polar surface area (TPSA) is 68.8 Å². The lowest BCUT2D eigenvalue weighted by atomic mass is 9.86. The predicted molar refractivity (Wildman–Crippen MR) is 109 cm³/mol. The minimum Gasteiger partial charge on any atom is -0.381 e. The Labute approximate surface area is 177 Å². The second-order valence-corrected chi connectivity index (χ2v) is 7.63. The summed E-state index contributed by atoms with van der Waals surface area (Å²) in [5.74, 6) is -2.06. The molecule has 2 atom stereocenters. The molecule has 0 fully saturated rings. The van der Waals surface area contributed by atoms with Crippen molar-refractivity contribution in [3.63, 3.8) is 0 Å². The fourth-order valence-corrected chi connectivity index (χ4v) is 4.03. The molecule has 162 valence electrons. The van der Waals surface area contributed by atoms with Crippen LogP contribution in [-0.4, -0.2) is 29.7 Å². The summed E-state index contributed by atoms with van der Waals surface area (Å²) in [5, 5.41) is 21.3. The normalized spacial score (nSPS) is 14.7. The van der Waals surface area contributed by atoms with Gasteiger partial charge in [0, 0.05) is 22.6 Å². The molecule has 4 aromatic rings. The van der Waals surface area contributed by atoms with E-state index >= 15 is 0 Å². The van der Waals surface area contributed by atoms with Gasteiger partial charge in [0.1, 0.15) is 35.7 Å². The van der Waals surface area contributed by atoms with Gasteiger partial charge in [0.2, 0.25) is 0 Å². The molecule has 9 heteroatoms. The molecular weight excluding hydrogens is 407 g/mol. The lowest BCUT2D eigenvalue weighted by Crippen LogP contribution is -2.41. The van der Waals surface area contributed by atoms with Crippen LogP contribution in [-0.2, 0) is 18.6 Å². The van der Waals surface area contributed by atoms with Gasteiger partial charge < -0.3 is 5.11 Å². The Morgan fingerprint density at radius 3 is 2.55 bits per heavy atom. The highest BCUT2D eigenvalue weighted by atomic mass is 19.1. The lowest BCUT2D eigenvalue weighted by Gasteiger charge is -2.35. The zero-order valence-corrected chi connectivity index (χ0v) is 17.4. The molecule has 0 saturated carbocycles. The molecule has 2 heterocycles. The van der Waals surface area contributed by atoms with Gasteiger partial charge in [0.15, 0.2) is 0 Å². The van der Waals surface area contributed by atoms with E-state index in [1.807, 2.05) is 6.92 Å². The van der Waals surface area contributed by atoms with E-state index in [4.69, 9.17) is 0 Å². The molecule has 0 unspecified atom stereocenters. The Morgan fingerprint density at radius 2 is 1.90 bits per heavy atom. The summed E-state index contributed by atoms with van der Waals surface area (Å²) in [4.78, 5) is 3.88. The Kier molecular flexibility index (Phi) is 5.30. The number of aromatic nitrogens is 5. The van der Waals surface area contributed by atoms with Crippen LogP contribution < -0.4 is 0 Å². The van der Waals surface area contributed by atoms with E-state index in [-0.39, 0.29) is 12.1 Å². The molecule has 31 heavy (non-hydrogen) atoms. The molecular formula is C22H22F3N5O. The largest absolute Gasteiger partial charge is 0.381 e. The van der Waals surface area contributed by atoms with Crippen molar-refractivity contribution in [2.45, 2.75) is 45.4 Å². The molecule has 0 bridgehead atoms. The maximum atomic E-state index is 14.8. The second kappa shape index (κ2) is 7.81. The summed E-state index contributed by atoms with van der Waals surface area (Å²) in [6.45, 7) is 5.05. The van der Waals surface area contributed by atoms with Gasteiger partial charge in [-0.25, -0.2) is 22.8 Å². The van der Waals surface area contributed by atoms with E-state index < -0.39 is 29.1 Å². The summed E-state index contributed by atoms with van der Waals surface area (Å²) in [6, 6.07) is 5.19. The Morgan fingerprint density at radius 1 is 1.13 bits per heavy atom. The Balaban J connectivity index is 1.95. The maximum absolute atomic E-state index is 14.8. The van der Waals surface area contributed by atoms with Gasteiger partial charge in [0.25, 0.3) is 0 Å². The summed E-state index contributed by atoms with van der Waals surface area (Å²) in [5.41, 5.74) is -0.391. The smallest absolute Gasteiger partial charge is 0.137 e. The number of rotatable bonds is 6. The van der Waals surface area contributed by atoms with Crippen LogP contribution in [0.2, 0.25) is 0 Å². The van der Waals surface area contributed by atoms with Crippen molar-refractivity contribution in [1.29, 1.82) is 0 Å². The third-order valence-electron chi connectivity index (χ3n) is 5.79. The standard InChI is InChI=1S/C22H22F3N5O/c1-4-20-16-6-8-18(24)13(2)21(16)30(28-20)14(3)22(31,10-29-12-26-11-27-29)17-7-5-15(23)9-19(17)25/h5-9,11-12,14,31H,4,10H2,1-3H3/t14-,22-/m1/s1. The number of hydrogen-bond donors (Lipinski definition) is 1. The fraction of sp³-hybridized carbons (Fsp3) is 0.318. The fourth-order valence-electron chi connectivity index (χ4n) is 4.03. The highest BCUT2D eigenvalue weighted by Crippen LogP contribution is 2.39. The van der Waals surface area contributed by atoms with Gasteiger partial charge in [-0.2, -0.15) is 10.2 Å². The number of aryl methyl sites for hydroxylation is 2. The summed E-state index contributed by atoms with van der Waals surface area (Å²) in [6.07, 6.45) is 3.28. The highest BCUT2D eigenvalue weighted by Gasteiger charge is 2.41. The lowest BCUT2D eigenvalue weighted by molar-refractivity contribution is -0.0356. The molecule has 0 spiro atoms. The minimum atomic E-state index is -1.89. The van der Waals surface area contributed by atoms with Crippen molar-refractivity contribution in [2.24, 2.45) is 0 Å². The minimum absolute atomic E-state index is 0.118. The van der Waals surface area contributed by atoms with Crippen LogP contribution in [0.5, 0.6) is 0 Å². The van der Waals surface area contributed by atoms with E-state index in [1.165, 1.54) is 34.2 Å². The van der Waals surface area contributed by atoms with Crippen LogP contribution in [0.4, 0.5) is 13.2 Å². The van der Waals surface area contributed by atoms with Gasteiger partial charge >= 0.3 is 0 Å². The quantitative estimate of drug-likeness (QED) is 0.502. The molecule has 0 aliphatic heterocycles. The molecule has 6 nitrogen and oxygen atoms in total. The van der Waals surface area contributed by atoms with E-state index in [0.29, 0.717) is 17.5 Å². The van der Waals surface area contributed by atoms with E-state index in [1.54, 1.807) is 19.9 Å². The van der Waals surface area contributed by atoms with Crippen molar-refractivity contribution in [3.8, 4) is 0 Å². The third-order valence-corrected chi connectivity index (χ3v) is 5.79. The SMILES string of the molecule is CCc1nn([C@H](C)[C@](O)(Cn2cncn2)c2ccc(F)cc2F)c2c(C)c(F)ccc12. The van der Waals surface area contributed by atoms with Gasteiger partial charge in [-0.3, -0.25) is 4.68 Å². The predicted octanol–water partition coefficient (Wildman–Crippen LogP) is 4.06. The molecule has 2 aromatic carbocycles. The maximum Gasteiger partial charge on any atom is 0.137 e. The molecule has 0 saturated heterocycles. The van der Waals surface area contributed by atoms with Crippen LogP contribution in [0.1, 0.15) is 36.7 Å². The zero-order chi connectivity index (χ0) is 22.3. The second-order valence-electron chi connectivity index (χ2n) is 7.63. The molecule has 2 aromatic heterocycles. The van der Waals surface area contributed by atoms with E-state index in [0.717, 1.165) is 23.2 Å². The third kappa shape index (κ3) is 3.48. The van der Waals surface area contributed by atoms with Crippen molar-refractivity contribution >= 4 is 10.9 Å². The van der Waals surface area contributed by atoms with Crippen molar-refractivity contribution < 1.29 is 18.3 Å². The molecule has 0 radical (unpaired) electrons. The molecule has 4 rings (SSSR count). The average Bonchev–Trinajstić information content (AvgIpc) is 3.37. The first-order valence-electron chi connectivity index (χ1n) is 9.92. The number of benzene rings is 2. The summed E-state index contributed by atoms with van der Waals surface area (Å²) >= 11 is 0. The number of halogens is 3. The van der Waals surface area contributed by atoms with Gasteiger partial charge in [-0.05, 0) is 38.5 Å². The Bertz CT molecular complexity index is 1240. The van der Waals surface area contributed by atoms with Gasteiger partial charge in [-0.15, -0.1) is 0 Å². The van der Waals surface area contributed by atoms with Crippen LogP contribution in [0.25, 0.3) is 10.9 Å². The first-order valence-corrected chi connectivity index (χ1v) is 9.92. The first kappa shape index (κ1) is 21.0. The molecule has 1 N–H and O–H groups in total. The molecule has 0 aliphatic rings.